The zero-order valence-electron chi connectivity index (χ0n) is 10.0. The van der Waals surface area contributed by atoms with E-state index in [1.807, 2.05) is 0 Å². The lowest BCUT2D eigenvalue weighted by Crippen LogP contribution is -2.47. The van der Waals surface area contributed by atoms with Crippen molar-refractivity contribution in [2.45, 2.75) is 25.7 Å². The van der Waals surface area contributed by atoms with Crippen LogP contribution in [0.25, 0.3) is 0 Å². The summed E-state index contributed by atoms with van der Waals surface area (Å²) in [7, 11) is 0. The summed E-state index contributed by atoms with van der Waals surface area (Å²) in [5.41, 5.74) is -1.18. The number of rotatable bonds is 4. The van der Waals surface area contributed by atoms with Crippen LogP contribution in [-0.2, 0) is 4.79 Å². The second-order valence-corrected chi connectivity index (χ2v) is 4.65. The predicted octanol–water partition coefficient (Wildman–Crippen LogP) is 2.76. The van der Waals surface area contributed by atoms with Gasteiger partial charge in [-0.1, -0.05) is 6.42 Å². The summed E-state index contributed by atoms with van der Waals surface area (Å²) in [6.07, 6.45) is -1.69. The summed E-state index contributed by atoms with van der Waals surface area (Å²) in [5, 5.41) is 11.1. The number of hydrogen-bond donors (Lipinski definition) is 2. The molecule has 1 aliphatic carbocycles. The summed E-state index contributed by atoms with van der Waals surface area (Å²) in [6, 6.07) is 5.40. The number of carboxylic acids is 1. The van der Waals surface area contributed by atoms with Crippen LogP contribution in [0.2, 0.25) is 0 Å². The Morgan fingerprint density at radius 1 is 1.21 bits per heavy atom. The number of aromatic carboxylic acids is 1. The lowest BCUT2D eigenvalue weighted by molar-refractivity contribution is -0.144. The molecule has 0 saturated heterocycles. The molecule has 1 amide bonds. The second-order valence-electron chi connectivity index (χ2n) is 4.65. The predicted molar refractivity (Wildman–Crippen MR) is 64.3 cm³/mol. The second kappa shape index (κ2) is 4.95. The Bertz CT molecular complexity index is 495. The third kappa shape index (κ3) is 2.43. The van der Waals surface area contributed by atoms with E-state index >= 15 is 0 Å². The number of halogens is 2. The largest absolute Gasteiger partial charge is 0.478 e. The van der Waals surface area contributed by atoms with E-state index in [-0.39, 0.29) is 18.4 Å². The van der Waals surface area contributed by atoms with Gasteiger partial charge in [0.15, 0.2) is 0 Å². The molecule has 1 saturated carbocycles. The van der Waals surface area contributed by atoms with Gasteiger partial charge in [-0.05, 0) is 37.1 Å². The minimum absolute atomic E-state index is 0.0743. The van der Waals surface area contributed by atoms with Gasteiger partial charge in [-0.2, -0.15) is 0 Å². The highest BCUT2D eigenvalue weighted by molar-refractivity contribution is 5.96. The molecule has 0 atom stereocenters. The smallest absolute Gasteiger partial charge is 0.335 e. The maximum atomic E-state index is 12.9. The van der Waals surface area contributed by atoms with Crippen LogP contribution in [-0.4, -0.2) is 23.4 Å². The molecule has 2 N–H and O–H groups in total. The molecular formula is C13H13F2NO3. The first-order chi connectivity index (χ1) is 8.95. The van der Waals surface area contributed by atoms with Crippen molar-refractivity contribution in [3.63, 3.8) is 0 Å². The molecule has 1 aromatic carbocycles. The quantitative estimate of drug-likeness (QED) is 0.883. The summed E-state index contributed by atoms with van der Waals surface area (Å²) in [4.78, 5) is 22.5. The van der Waals surface area contributed by atoms with Gasteiger partial charge in [-0.25, -0.2) is 13.6 Å². The number of anilines is 1. The molecule has 1 aromatic rings. The molecule has 6 heteroatoms. The van der Waals surface area contributed by atoms with Crippen molar-refractivity contribution in [1.82, 2.24) is 0 Å². The fourth-order valence-electron chi connectivity index (χ4n) is 2.05. The van der Waals surface area contributed by atoms with E-state index in [2.05, 4.69) is 5.32 Å². The van der Waals surface area contributed by atoms with Gasteiger partial charge in [-0.15, -0.1) is 0 Å². The number of alkyl halides is 2. The summed E-state index contributed by atoms with van der Waals surface area (Å²) in [5.74, 6) is -1.78. The zero-order chi connectivity index (χ0) is 14.0. The van der Waals surface area contributed by atoms with E-state index in [1.54, 1.807) is 0 Å². The monoisotopic (exact) mass is 269 g/mol. The maximum Gasteiger partial charge on any atom is 0.335 e. The van der Waals surface area contributed by atoms with E-state index in [9.17, 15) is 18.4 Å². The highest BCUT2D eigenvalue weighted by Gasteiger charge is 2.51. The van der Waals surface area contributed by atoms with Crippen LogP contribution in [0, 0.1) is 5.41 Å². The standard InChI is InChI=1S/C13H13F2NO3/c14-11(15)13(6-1-7-13)12(19)16-9-4-2-8(3-5-9)10(17)18/h2-5,11H,1,6-7H2,(H,16,19)(H,17,18). The molecule has 0 spiro atoms. The molecule has 0 aliphatic heterocycles. The summed E-state index contributed by atoms with van der Waals surface area (Å²) >= 11 is 0. The number of benzene rings is 1. The van der Waals surface area contributed by atoms with Crippen LogP contribution < -0.4 is 5.32 Å². The normalized spacial score (nSPS) is 16.8. The van der Waals surface area contributed by atoms with Gasteiger partial charge in [-0.3, -0.25) is 4.79 Å². The van der Waals surface area contributed by atoms with Gasteiger partial charge in [0.25, 0.3) is 6.43 Å². The summed E-state index contributed by atoms with van der Waals surface area (Å²) in [6.45, 7) is 0. The molecule has 1 fully saturated rings. The molecule has 0 unspecified atom stereocenters. The number of amides is 1. The number of hydrogen-bond acceptors (Lipinski definition) is 2. The van der Waals surface area contributed by atoms with E-state index < -0.39 is 23.7 Å². The number of nitrogens with one attached hydrogen (secondary N) is 1. The minimum Gasteiger partial charge on any atom is -0.478 e. The van der Waals surface area contributed by atoms with Gasteiger partial charge in [0.05, 0.1) is 5.56 Å². The Kier molecular flexibility index (Phi) is 3.50. The van der Waals surface area contributed by atoms with Crippen molar-refractivity contribution in [2.75, 3.05) is 5.32 Å². The van der Waals surface area contributed by atoms with Crippen LogP contribution >= 0.6 is 0 Å². The Morgan fingerprint density at radius 3 is 2.16 bits per heavy atom. The van der Waals surface area contributed by atoms with Crippen LogP contribution in [0.15, 0.2) is 24.3 Å². The average molecular weight is 269 g/mol. The van der Waals surface area contributed by atoms with Crippen LogP contribution in [0.1, 0.15) is 29.6 Å². The van der Waals surface area contributed by atoms with E-state index in [4.69, 9.17) is 5.11 Å². The fraction of sp³-hybridized carbons (Fsp3) is 0.385. The Balaban J connectivity index is 2.08. The van der Waals surface area contributed by atoms with Gasteiger partial charge < -0.3 is 10.4 Å². The topological polar surface area (TPSA) is 66.4 Å². The molecule has 1 aliphatic rings. The lowest BCUT2D eigenvalue weighted by Gasteiger charge is -2.39. The SMILES string of the molecule is O=C(O)c1ccc(NC(=O)C2(C(F)F)CCC2)cc1. The Hall–Kier alpha value is -1.98. The first kappa shape index (κ1) is 13.5. The Labute approximate surface area is 108 Å². The van der Waals surface area contributed by atoms with E-state index in [1.165, 1.54) is 24.3 Å². The minimum atomic E-state index is -2.68. The van der Waals surface area contributed by atoms with E-state index in [0.717, 1.165) is 0 Å². The number of carbonyl (C=O) groups is 2. The summed E-state index contributed by atoms with van der Waals surface area (Å²) < 4.78 is 25.8. The van der Waals surface area contributed by atoms with Crippen LogP contribution in [0.4, 0.5) is 14.5 Å². The van der Waals surface area contributed by atoms with E-state index in [0.29, 0.717) is 12.1 Å². The molecule has 2 rings (SSSR count). The third-order valence-electron chi connectivity index (χ3n) is 3.51. The van der Waals surface area contributed by atoms with Gasteiger partial charge in [0.2, 0.25) is 5.91 Å². The van der Waals surface area contributed by atoms with Crippen molar-refractivity contribution in [1.29, 1.82) is 0 Å². The van der Waals surface area contributed by atoms with Crippen molar-refractivity contribution in [3.05, 3.63) is 29.8 Å². The highest BCUT2D eigenvalue weighted by atomic mass is 19.3. The van der Waals surface area contributed by atoms with Crippen molar-refractivity contribution in [3.8, 4) is 0 Å². The molecule has 4 nitrogen and oxygen atoms in total. The van der Waals surface area contributed by atoms with Crippen LogP contribution in [0.5, 0.6) is 0 Å². The first-order valence-corrected chi connectivity index (χ1v) is 5.89. The van der Waals surface area contributed by atoms with Crippen molar-refractivity contribution in [2.24, 2.45) is 5.41 Å². The fourth-order valence-corrected chi connectivity index (χ4v) is 2.05. The molecule has 19 heavy (non-hydrogen) atoms. The third-order valence-corrected chi connectivity index (χ3v) is 3.51. The molecule has 102 valence electrons. The van der Waals surface area contributed by atoms with Gasteiger partial charge in [0.1, 0.15) is 5.41 Å². The molecular weight excluding hydrogens is 256 g/mol. The highest BCUT2D eigenvalue weighted by Crippen LogP contribution is 2.46. The van der Waals surface area contributed by atoms with Crippen LogP contribution in [0.3, 0.4) is 0 Å². The average Bonchev–Trinajstić information content (AvgIpc) is 2.27. The molecule has 0 bridgehead atoms. The van der Waals surface area contributed by atoms with Crippen molar-refractivity contribution < 1.29 is 23.5 Å². The van der Waals surface area contributed by atoms with Gasteiger partial charge in [0, 0.05) is 5.69 Å². The maximum absolute atomic E-state index is 12.9. The zero-order valence-corrected chi connectivity index (χ0v) is 10.0. The van der Waals surface area contributed by atoms with Gasteiger partial charge >= 0.3 is 5.97 Å². The first-order valence-electron chi connectivity index (χ1n) is 5.89. The Morgan fingerprint density at radius 2 is 1.79 bits per heavy atom. The molecule has 0 heterocycles. The lowest BCUT2D eigenvalue weighted by atomic mass is 9.68. The number of carboxylic acid groups (broad SMARTS) is 1. The molecule has 0 radical (unpaired) electrons. The molecule has 0 aromatic heterocycles. The van der Waals surface area contributed by atoms with Crippen molar-refractivity contribution >= 4 is 17.6 Å². The number of carbonyl (C=O) groups excluding carboxylic acids is 1.